The summed E-state index contributed by atoms with van der Waals surface area (Å²) in [6.07, 6.45) is 1.88. The standard InChI is InChI=1S/C20H26N6O3/c1-3-4-17-21-18(28-23-17)13-25-9-11-26(12-10-25)14-19-22-20(24-29-19)15-5-7-16(27-2)8-6-15/h5-8H,3-4,9-14H2,1-2H3. The van der Waals surface area contributed by atoms with E-state index in [0.717, 1.165) is 56.2 Å². The van der Waals surface area contributed by atoms with Gasteiger partial charge < -0.3 is 13.8 Å². The van der Waals surface area contributed by atoms with Crippen molar-refractivity contribution in [3.63, 3.8) is 0 Å². The number of methoxy groups -OCH3 is 1. The van der Waals surface area contributed by atoms with Gasteiger partial charge in [0.05, 0.1) is 20.2 Å². The summed E-state index contributed by atoms with van der Waals surface area (Å²) in [5.41, 5.74) is 0.910. The van der Waals surface area contributed by atoms with Gasteiger partial charge in [0.2, 0.25) is 17.6 Å². The molecule has 3 aromatic rings. The lowest BCUT2D eigenvalue weighted by atomic mass is 10.2. The summed E-state index contributed by atoms with van der Waals surface area (Å²) in [6, 6.07) is 7.63. The summed E-state index contributed by atoms with van der Waals surface area (Å²) in [5, 5.41) is 8.13. The predicted molar refractivity (Wildman–Crippen MR) is 105 cm³/mol. The van der Waals surface area contributed by atoms with Crippen LogP contribution in [0.2, 0.25) is 0 Å². The molecule has 0 unspecified atom stereocenters. The average molecular weight is 398 g/mol. The average Bonchev–Trinajstić information content (AvgIpc) is 3.39. The van der Waals surface area contributed by atoms with Crippen molar-refractivity contribution in [3.05, 3.63) is 41.9 Å². The molecule has 154 valence electrons. The summed E-state index contributed by atoms with van der Waals surface area (Å²) in [4.78, 5) is 13.6. The van der Waals surface area contributed by atoms with Crippen molar-refractivity contribution in [1.29, 1.82) is 0 Å². The lowest BCUT2D eigenvalue weighted by molar-refractivity contribution is 0.103. The van der Waals surface area contributed by atoms with Crippen molar-refractivity contribution in [2.45, 2.75) is 32.9 Å². The van der Waals surface area contributed by atoms with Gasteiger partial charge in [-0.15, -0.1) is 0 Å². The summed E-state index contributed by atoms with van der Waals surface area (Å²) < 4.78 is 16.0. The van der Waals surface area contributed by atoms with Crippen LogP contribution in [0.3, 0.4) is 0 Å². The topological polar surface area (TPSA) is 93.6 Å². The quantitative estimate of drug-likeness (QED) is 0.567. The third-order valence-electron chi connectivity index (χ3n) is 4.98. The van der Waals surface area contributed by atoms with E-state index in [9.17, 15) is 0 Å². The van der Waals surface area contributed by atoms with Gasteiger partial charge in [-0.05, 0) is 30.7 Å². The number of benzene rings is 1. The molecule has 1 saturated heterocycles. The number of piperazine rings is 1. The van der Waals surface area contributed by atoms with Crippen molar-refractivity contribution in [3.8, 4) is 17.1 Å². The van der Waals surface area contributed by atoms with Crippen LogP contribution in [0.15, 0.2) is 33.3 Å². The molecule has 0 N–H and O–H groups in total. The molecule has 0 atom stereocenters. The molecule has 29 heavy (non-hydrogen) atoms. The van der Waals surface area contributed by atoms with E-state index in [1.807, 2.05) is 24.3 Å². The molecule has 3 heterocycles. The minimum Gasteiger partial charge on any atom is -0.497 e. The molecular weight excluding hydrogens is 372 g/mol. The first-order valence-corrected chi connectivity index (χ1v) is 9.96. The second-order valence-corrected chi connectivity index (χ2v) is 7.15. The van der Waals surface area contributed by atoms with Crippen LogP contribution < -0.4 is 4.74 Å². The Morgan fingerprint density at radius 2 is 1.52 bits per heavy atom. The Balaban J connectivity index is 1.26. The van der Waals surface area contributed by atoms with E-state index in [2.05, 4.69) is 37.0 Å². The first-order chi connectivity index (χ1) is 14.2. The lowest BCUT2D eigenvalue weighted by Gasteiger charge is -2.32. The van der Waals surface area contributed by atoms with E-state index in [1.54, 1.807) is 7.11 Å². The third kappa shape index (κ3) is 4.99. The van der Waals surface area contributed by atoms with Crippen molar-refractivity contribution < 1.29 is 13.8 Å². The molecule has 0 saturated carbocycles. The fourth-order valence-corrected chi connectivity index (χ4v) is 3.34. The minimum atomic E-state index is 0.598. The van der Waals surface area contributed by atoms with Crippen molar-refractivity contribution >= 4 is 0 Å². The number of rotatable bonds is 8. The summed E-state index contributed by atoms with van der Waals surface area (Å²) in [7, 11) is 1.65. The van der Waals surface area contributed by atoms with Gasteiger partial charge >= 0.3 is 0 Å². The maximum absolute atomic E-state index is 5.45. The number of aryl methyl sites for hydroxylation is 1. The third-order valence-corrected chi connectivity index (χ3v) is 4.98. The van der Waals surface area contributed by atoms with Crippen LogP contribution in [0.4, 0.5) is 0 Å². The number of aromatic nitrogens is 4. The first-order valence-electron chi connectivity index (χ1n) is 9.96. The number of nitrogens with zero attached hydrogens (tertiary/aromatic N) is 6. The fourth-order valence-electron chi connectivity index (χ4n) is 3.34. The SMILES string of the molecule is CCCc1noc(CN2CCN(Cc3nc(-c4ccc(OC)cc4)no3)CC2)n1. The summed E-state index contributed by atoms with van der Waals surface area (Å²) >= 11 is 0. The van der Waals surface area contributed by atoms with E-state index in [-0.39, 0.29) is 0 Å². The highest BCUT2D eigenvalue weighted by Gasteiger charge is 2.21. The van der Waals surface area contributed by atoms with Gasteiger partial charge in [-0.3, -0.25) is 9.80 Å². The highest BCUT2D eigenvalue weighted by molar-refractivity contribution is 5.55. The molecule has 0 amide bonds. The molecule has 1 aromatic carbocycles. The second-order valence-electron chi connectivity index (χ2n) is 7.15. The zero-order valence-corrected chi connectivity index (χ0v) is 16.9. The van der Waals surface area contributed by atoms with Gasteiger partial charge in [-0.2, -0.15) is 9.97 Å². The molecule has 0 radical (unpaired) electrons. The predicted octanol–water partition coefficient (Wildman–Crippen LogP) is 2.40. The molecule has 1 fully saturated rings. The molecular formula is C20H26N6O3. The van der Waals surface area contributed by atoms with E-state index >= 15 is 0 Å². The smallest absolute Gasteiger partial charge is 0.241 e. The Kier molecular flexibility index (Phi) is 6.16. The summed E-state index contributed by atoms with van der Waals surface area (Å²) in [6.45, 7) is 7.19. The minimum absolute atomic E-state index is 0.598. The van der Waals surface area contributed by atoms with Crippen molar-refractivity contribution in [1.82, 2.24) is 30.1 Å². The van der Waals surface area contributed by atoms with Crippen LogP contribution in [0.5, 0.6) is 5.75 Å². The molecule has 0 spiro atoms. The number of hydrogen-bond donors (Lipinski definition) is 0. The van der Waals surface area contributed by atoms with Crippen LogP contribution in [-0.4, -0.2) is 63.4 Å². The molecule has 9 heteroatoms. The van der Waals surface area contributed by atoms with E-state index in [1.165, 1.54) is 0 Å². The van der Waals surface area contributed by atoms with E-state index in [4.69, 9.17) is 13.8 Å². The first kappa shape index (κ1) is 19.5. The molecule has 1 aliphatic heterocycles. The number of ether oxygens (including phenoxy) is 1. The largest absolute Gasteiger partial charge is 0.497 e. The molecule has 0 bridgehead atoms. The van der Waals surface area contributed by atoms with E-state index < -0.39 is 0 Å². The Bertz CT molecular complexity index is 899. The Labute approximate surface area is 169 Å². The Hall–Kier alpha value is -2.78. The second kappa shape index (κ2) is 9.15. The fraction of sp³-hybridized carbons (Fsp3) is 0.500. The van der Waals surface area contributed by atoms with Gasteiger partial charge in [0.25, 0.3) is 0 Å². The number of hydrogen-bond acceptors (Lipinski definition) is 9. The highest BCUT2D eigenvalue weighted by Crippen LogP contribution is 2.20. The van der Waals surface area contributed by atoms with Crippen LogP contribution in [0, 0.1) is 0 Å². The van der Waals surface area contributed by atoms with Crippen molar-refractivity contribution in [2.75, 3.05) is 33.3 Å². The highest BCUT2D eigenvalue weighted by atomic mass is 16.5. The Morgan fingerprint density at radius 3 is 2.14 bits per heavy atom. The van der Waals surface area contributed by atoms with E-state index in [0.29, 0.717) is 30.7 Å². The van der Waals surface area contributed by atoms with Gasteiger partial charge in [-0.1, -0.05) is 17.2 Å². The van der Waals surface area contributed by atoms with Gasteiger partial charge in [0.15, 0.2) is 5.82 Å². The van der Waals surface area contributed by atoms with Gasteiger partial charge in [0.1, 0.15) is 5.75 Å². The maximum atomic E-state index is 5.45. The molecule has 2 aromatic heterocycles. The Morgan fingerprint density at radius 1 is 0.897 bits per heavy atom. The molecule has 9 nitrogen and oxygen atoms in total. The molecule has 4 rings (SSSR count). The summed E-state index contributed by atoms with van der Waals surface area (Å²) in [5.74, 6) is 3.52. The van der Waals surface area contributed by atoms with Gasteiger partial charge in [-0.25, -0.2) is 0 Å². The lowest BCUT2D eigenvalue weighted by Crippen LogP contribution is -2.45. The monoisotopic (exact) mass is 398 g/mol. The van der Waals surface area contributed by atoms with Crippen molar-refractivity contribution in [2.24, 2.45) is 0 Å². The normalized spacial score (nSPS) is 15.7. The zero-order chi connectivity index (χ0) is 20.1. The molecule has 1 aliphatic rings. The van der Waals surface area contributed by atoms with Crippen LogP contribution in [0.25, 0.3) is 11.4 Å². The maximum Gasteiger partial charge on any atom is 0.241 e. The zero-order valence-electron chi connectivity index (χ0n) is 16.9. The molecule has 0 aliphatic carbocycles. The van der Waals surface area contributed by atoms with Crippen LogP contribution >= 0.6 is 0 Å². The van der Waals surface area contributed by atoms with Gasteiger partial charge in [0, 0.05) is 38.2 Å². The van der Waals surface area contributed by atoms with Crippen LogP contribution in [-0.2, 0) is 19.5 Å². The van der Waals surface area contributed by atoms with Crippen LogP contribution in [0.1, 0.15) is 31.0 Å².